The second kappa shape index (κ2) is 8.38. The van der Waals surface area contributed by atoms with Crippen LogP contribution < -0.4 is 10.6 Å². The monoisotopic (exact) mass is 397 g/mol. The third kappa shape index (κ3) is 4.26. The molecule has 0 atom stereocenters. The fourth-order valence-corrected chi connectivity index (χ4v) is 3.61. The van der Waals surface area contributed by atoms with Crippen LogP contribution in [0.4, 0.5) is 19.3 Å². The molecule has 6 nitrogen and oxygen atoms in total. The minimum absolute atomic E-state index is 0.126. The average molecular weight is 397 g/mol. The van der Waals surface area contributed by atoms with Crippen LogP contribution in [0, 0.1) is 11.6 Å². The average Bonchev–Trinajstić information content (AvgIpc) is 3.39. The lowest BCUT2D eigenvalue weighted by atomic mass is 10.2. The second-order valence-electron chi connectivity index (χ2n) is 7.02. The summed E-state index contributed by atoms with van der Waals surface area (Å²) >= 11 is 0. The molecule has 1 fully saturated rings. The predicted molar refractivity (Wildman–Crippen MR) is 105 cm³/mol. The molecule has 0 spiro atoms. The van der Waals surface area contributed by atoms with E-state index >= 15 is 0 Å². The van der Waals surface area contributed by atoms with Gasteiger partial charge in [-0.15, -0.1) is 0 Å². The summed E-state index contributed by atoms with van der Waals surface area (Å²) in [4.78, 5) is 16.5. The third-order valence-corrected chi connectivity index (χ3v) is 5.02. The molecule has 4 rings (SSSR count). The normalized spacial score (nSPS) is 14.1. The quantitative estimate of drug-likeness (QED) is 0.658. The van der Waals surface area contributed by atoms with Gasteiger partial charge in [-0.2, -0.15) is 5.10 Å². The first-order valence-corrected chi connectivity index (χ1v) is 9.60. The third-order valence-electron chi connectivity index (χ3n) is 5.02. The summed E-state index contributed by atoms with van der Waals surface area (Å²) in [6, 6.07) is 10.6. The molecule has 3 aromatic rings. The highest BCUT2D eigenvalue weighted by Gasteiger charge is 2.22. The van der Waals surface area contributed by atoms with Crippen molar-refractivity contribution in [2.24, 2.45) is 0 Å². The maximum Gasteiger partial charge on any atom is 0.319 e. The van der Waals surface area contributed by atoms with Gasteiger partial charge in [0.15, 0.2) is 0 Å². The highest BCUT2D eigenvalue weighted by molar-refractivity contribution is 5.89. The molecule has 0 radical (unpaired) electrons. The lowest BCUT2D eigenvalue weighted by molar-refractivity contribution is 0.251. The molecule has 2 N–H and O–H groups in total. The van der Waals surface area contributed by atoms with Crippen molar-refractivity contribution in [1.82, 2.24) is 20.1 Å². The van der Waals surface area contributed by atoms with Crippen LogP contribution in [-0.2, 0) is 6.54 Å². The second-order valence-corrected chi connectivity index (χ2v) is 7.02. The molecule has 0 unspecified atom stereocenters. The van der Waals surface area contributed by atoms with Gasteiger partial charge in [0.2, 0.25) is 0 Å². The number of carbonyl (C=O) groups excluding carboxylic acids is 1. The zero-order valence-electron chi connectivity index (χ0n) is 15.7. The molecular weight excluding hydrogens is 376 g/mol. The number of nitrogens with zero attached hydrogens (tertiary/aromatic N) is 3. The van der Waals surface area contributed by atoms with E-state index in [1.54, 1.807) is 6.20 Å². The summed E-state index contributed by atoms with van der Waals surface area (Å²) in [6.07, 6.45) is 6.17. The first kappa shape index (κ1) is 19.0. The lowest BCUT2D eigenvalue weighted by Crippen LogP contribution is -2.29. The van der Waals surface area contributed by atoms with Gasteiger partial charge in [0.25, 0.3) is 0 Å². The number of para-hydroxylation sites is 1. The van der Waals surface area contributed by atoms with Crippen LogP contribution in [0.15, 0.2) is 48.7 Å². The van der Waals surface area contributed by atoms with Crippen molar-refractivity contribution in [2.45, 2.75) is 38.3 Å². The van der Waals surface area contributed by atoms with Crippen LogP contribution in [0.1, 0.15) is 37.4 Å². The summed E-state index contributed by atoms with van der Waals surface area (Å²) in [5.74, 6) is -1.66. The number of hydrogen-bond donors (Lipinski definition) is 2. The van der Waals surface area contributed by atoms with E-state index in [1.807, 2.05) is 28.9 Å². The van der Waals surface area contributed by atoms with E-state index in [0.717, 1.165) is 49.2 Å². The molecule has 8 heteroatoms. The minimum Gasteiger partial charge on any atom is -0.332 e. The predicted octanol–water partition coefficient (Wildman–Crippen LogP) is 4.66. The largest absolute Gasteiger partial charge is 0.332 e. The molecule has 1 aliphatic rings. The summed E-state index contributed by atoms with van der Waals surface area (Å²) < 4.78 is 29.4. The summed E-state index contributed by atoms with van der Waals surface area (Å²) in [7, 11) is 0. The molecular formula is C21H21F2N5O. The van der Waals surface area contributed by atoms with Crippen LogP contribution in [0.3, 0.4) is 0 Å². The van der Waals surface area contributed by atoms with Crippen molar-refractivity contribution >= 4 is 11.7 Å². The van der Waals surface area contributed by atoms with Crippen LogP contribution in [0.25, 0.3) is 11.4 Å². The van der Waals surface area contributed by atoms with E-state index in [1.165, 1.54) is 6.07 Å². The Kier molecular flexibility index (Phi) is 5.50. The lowest BCUT2D eigenvalue weighted by Gasteiger charge is -2.13. The number of pyridine rings is 1. The molecule has 2 aromatic heterocycles. The van der Waals surface area contributed by atoms with Crippen molar-refractivity contribution in [3.63, 3.8) is 0 Å². The first-order valence-electron chi connectivity index (χ1n) is 9.60. The number of carbonyl (C=O) groups is 1. The molecule has 0 bridgehead atoms. The molecule has 1 aliphatic carbocycles. The number of halogens is 2. The van der Waals surface area contributed by atoms with E-state index in [4.69, 9.17) is 0 Å². The van der Waals surface area contributed by atoms with Crippen LogP contribution in [0.5, 0.6) is 0 Å². The van der Waals surface area contributed by atoms with Gasteiger partial charge in [0.1, 0.15) is 17.3 Å². The first-order chi connectivity index (χ1) is 14.1. The van der Waals surface area contributed by atoms with E-state index in [-0.39, 0.29) is 6.54 Å². The molecule has 1 aromatic carbocycles. The molecule has 1 saturated carbocycles. The van der Waals surface area contributed by atoms with Crippen molar-refractivity contribution in [1.29, 1.82) is 0 Å². The standard InChI is InChI=1S/C21H21F2N5O/c22-16-8-5-9-17(23)20(16)26-21(29)25-13-14-12-19(18-10-3-4-11-24-18)28(27-14)15-6-1-2-7-15/h3-5,8-12,15H,1-2,6-7,13H2,(H2,25,26,29). The Morgan fingerprint density at radius 1 is 1.10 bits per heavy atom. The Bertz CT molecular complexity index is 979. The van der Waals surface area contributed by atoms with E-state index in [9.17, 15) is 13.6 Å². The number of hydrogen-bond acceptors (Lipinski definition) is 3. The molecule has 0 saturated heterocycles. The number of rotatable bonds is 5. The number of amides is 2. The number of nitrogens with one attached hydrogen (secondary N) is 2. The van der Waals surface area contributed by atoms with E-state index in [2.05, 4.69) is 20.7 Å². The molecule has 2 amide bonds. The van der Waals surface area contributed by atoms with Crippen LogP contribution in [-0.4, -0.2) is 20.8 Å². The van der Waals surface area contributed by atoms with Gasteiger partial charge >= 0.3 is 6.03 Å². The fraction of sp³-hybridized carbons (Fsp3) is 0.286. The Hall–Kier alpha value is -3.29. The molecule has 2 heterocycles. The zero-order chi connectivity index (χ0) is 20.2. The number of urea groups is 1. The summed E-state index contributed by atoms with van der Waals surface area (Å²) in [5, 5.41) is 9.48. The van der Waals surface area contributed by atoms with Crippen LogP contribution >= 0.6 is 0 Å². The van der Waals surface area contributed by atoms with Crippen molar-refractivity contribution in [2.75, 3.05) is 5.32 Å². The Balaban J connectivity index is 1.49. The highest BCUT2D eigenvalue weighted by Crippen LogP contribution is 2.33. The topological polar surface area (TPSA) is 71.8 Å². The molecule has 0 aliphatic heterocycles. The van der Waals surface area contributed by atoms with Gasteiger partial charge in [-0.1, -0.05) is 25.0 Å². The Morgan fingerprint density at radius 3 is 2.55 bits per heavy atom. The SMILES string of the molecule is O=C(NCc1cc(-c2ccccn2)n(C2CCCC2)n1)Nc1c(F)cccc1F. The number of benzene rings is 1. The van der Waals surface area contributed by atoms with Gasteiger partial charge in [-0.25, -0.2) is 13.6 Å². The number of aromatic nitrogens is 3. The van der Waals surface area contributed by atoms with Gasteiger partial charge in [-0.05, 0) is 43.2 Å². The van der Waals surface area contributed by atoms with Gasteiger partial charge < -0.3 is 10.6 Å². The smallest absolute Gasteiger partial charge is 0.319 e. The van der Waals surface area contributed by atoms with Gasteiger partial charge in [0, 0.05) is 6.20 Å². The van der Waals surface area contributed by atoms with E-state index < -0.39 is 23.4 Å². The Labute approximate surface area is 167 Å². The number of anilines is 1. The minimum atomic E-state index is -0.830. The fourth-order valence-electron chi connectivity index (χ4n) is 3.61. The van der Waals surface area contributed by atoms with Crippen molar-refractivity contribution in [3.8, 4) is 11.4 Å². The molecule has 29 heavy (non-hydrogen) atoms. The van der Waals surface area contributed by atoms with Gasteiger partial charge in [-0.3, -0.25) is 9.67 Å². The van der Waals surface area contributed by atoms with Crippen LogP contribution in [0.2, 0.25) is 0 Å². The Morgan fingerprint density at radius 2 is 1.86 bits per heavy atom. The van der Waals surface area contributed by atoms with Crippen molar-refractivity contribution in [3.05, 3.63) is 66.0 Å². The van der Waals surface area contributed by atoms with Crippen molar-refractivity contribution < 1.29 is 13.6 Å². The summed E-state index contributed by atoms with van der Waals surface area (Å²) in [6.45, 7) is 0.126. The maximum absolute atomic E-state index is 13.7. The summed E-state index contributed by atoms with van der Waals surface area (Å²) in [5.41, 5.74) is 1.89. The highest BCUT2D eigenvalue weighted by atomic mass is 19.1. The van der Waals surface area contributed by atoms with Gasteiger partial charge in [0.05, 0.1) is 29.7 Å². The zero-order valence-corrected chi connectivity index (χ0v) is 15.7. The van der Waals surface area contributed by atoms with E-state index in [0.29, 0.717) is 11.7 Å². The molecule has 150 valence electrons. The maximum atomic E-state index is 13.7.